The highest BCUT2D eigenvalue weighted by Crippen LogP contribution is 2.36. The minimum absolute atomic E-state index is 0.0208. The van der Waals surface area contributed by atoms with Crippen molar-refractivity contribution in [3.8, 4) is 0 Å². The van der Waals surface area contributed by atoms with Gasteiger partial charge in [0, 0.05) is 25.7 Å². The molecule has 3 fully saturated rings. The fraction of sp³-hybridized carbons (Fsp3) is 0.600. The largest absolute Gasteiger partial charge is 0.368 e. The van der Waals surface area contributed by atoms with E-state index in [9.17, 15) is 9.59 Å². The maximum atomic E-state index is 12.7. The predicted octanol–water partition coefficient (Wildman–Crippen LogP) is 1.05. The quantitative estimate of drug-likeness (QED) is 0.875. The van der Waals surface area contributed by atoms with Crippen molar-refractivity contribution in [1.29, 1.82) is 0 Å². The van der Waals surface area contributed by atoms with E-state index in [0.29, 0.717) is 25.6 Å². The number of likely N-dealkylation sites (N-methyl/N-ethyl adjacent to an activating group) is 1. The Balaban J connectivity index is 1.41. The number of morpholine rings is 1. The van der Waals surface area contributed by atoms with Crippen LogP contribution in [0.1, 0.15) is 28.8 Å². The van der Waals surface area contributed by atoms with E-state index in [-0.39, 0.29) is 23.5 Å². The first-order valence-corrected chi connectivity index (χ1v) is 9.45. The molecule has 1 saturated carbocycles. The van der Waals surface area contributed by atoms with Gasteiger partial charge in [-0.05, 0) is 37.8 Å². The first kappa shape index (κ1) is 17.5. The lowest BCUT2D eigenvalue weighted by Gasteiger charge is -2.55. The van der Waals surface area contributed by atoms with Crippen LogP contribution in [0.15, 0.2) is 24.3 Å². The molecule has 6 nitrogen and oxygen atoms in total. The van der Waals surface area contributed by atoms with Gasteiger partial charge in [0.15, 0.2) is 0 Å². The first-order valence-electron chi connectivity index (χ1n) is 9.45. The monoisotopic (exact) mass is 357 g/mol. The van der Waals surface area contributed by atoms with Gasteiger partial charge in [0.2, 0.25) is 5.91 Å². The predicted molar refractivity (Wildman–Crippen MR) is 97.9 cm³/mol. The van der Waals surface area contributed by atoms with E-state index in [1.54, 1.807) is 7.05 Å². The Hall–Kier alpha value is -1.92. The Labute approximate surface area is 154 Å². The van der Waals surface area contributed by atoms with E-state index in [1.165, 1.54) is 12.8 Å². The zero-order valence-corrected chi connectivity index (χ0v) is 15.5. The Bertz CT molecular complexity index is 710. The summed E-state index contributed by atoms with van der Waals surface area (Å²) in [5.41, 5.74) is 1.50. The van der Waals surface area contributed by atoms with Crippen LogP contribution in [0, 0.1) is 12.8 Å². The van der Waals surface area contributed by atoms with Crippen molar-refractivity contribution < 1.29 is 14.3 Å². The van der Waals surface area contributed by atoms with Crippen LogP contribution in [-0.2, 0) is 9.53 Å². The molecular formula is C20H27N3O3. The van der Waals surface area contributed by atoms with Crippen LogP contribution in [0.3, 0.4) is 0 Å². The number of benzene rings is 1. The van der Waals surface area contributed by atoms with Crippen molar-refractivity contribution in [2.24, 2.45) is 5.92 Å². The fourth-order valence-electron chi connectivity index (χ4n) is 4.06. The Kier molecular flexibility index (Phi) is 4.49. The highest BCUT2D eigenvalue weighted by molar-refractivity contribution is 5.95. The topological polar surface area (TPSA) is 61.9 Å². The molecule has 1 N–H and O–H groups in total. The summed E-state index contributed by atoms with van der Waals surface area (Å²) < 4.78 is 6.11. The molecule has 3 aliphatic rings. The van der Waals surface area contributed by atoms with Gasteiger partial charge in [-0.15, -0.1) is 0 Å². The Morgan fingerprint density at radius 1 is 1.27 bits per heavy atom. The van der Waals surface area contributed by atoms with Crippen molar-refractivity contribution in [3.05, 3.63) is 35.4 Å². The van der Waals surface area contributed by atoms with Crippen molar-refractivity contribution in [3.63, 3.8) is 0 Å². The normalized spacial score (nSPS) is 25.0. The summed E-state index contributed by atoms with van der Waals surface area (Å²) in [6.45, 7) is 5.27. The van der Waals surface area contributed by atoms with E-state index in [4.69, 9.17) is 4.74 Å². The summed E-state index contributed by atoms with van der Waals surface area (Å²) in [4.78, 5) is 29.0. The van der Waals surface area contributed by atoms with E-state index in [0.717, 1.165) is 24.2 Å². The number of aryl methyl sites for hydroxylation is 1. The maximum Gasteiger partial charge on any atom is 0.254 e. The molecule has 1 aliphatic carbocycles. The summed E-state index contributed by atoms with van der Waals surface area (Å²) in [5, 5.41) is 2.75. The highest BCUT2D eigenvalue weighted by Gasteiger charge is 2.52. The summed E-state index contributed by atoms with van der Waals surface area (Å²) in [6, 6.07) is 7.49. The van der Waals surface area contributed by atoms with Crippen LogP contribution in [0.2, 0.25) is 0 Å². The minimum Gasteiger partial charge on any atom is -0.368 e. The van der Waals surface area contributed by atoms with Gasteiger partial charge in [-0.25, -0.2) is 0 Å². The van der Waals surface area contributed by atoms with Crippen molar-refractivity contribution in [2.75, 3.05) is 39.8 Å². The summed E-state index contributed by atoms with van der Waals surface area (Å²) in [5.74, 6) is 0.792. The SMILES string of the molecule is CNC(=O)[C@H]1COC2(CN(C(=O)c3cccc(C)c3)C2)CN1CC1CC1. The van der Waals surface area contributed by atoms with Crippen LogP contribution in [0.4, 0.5) is 0 Å². The molecule has 4 rings (SSSR count). The molecule has 140 valence electrons. The van der Waals surface area contributed by atoms with Crippen LogP contribution in [-0.4, -0.2) is 73.1 Å². The number of nitrogens with one attached hydrogen (secondary N) is 1. The van der Waals surface area contributed by atoms with E-state index < -0.39 is 0 Å². The number of ether oxygens (including phenoxy) is 1. The molecule has 0 unspecified atom stereocenters. The number of carbonyl (C=O) groups is 2. The molecule has 0 aromatic heterocycles. The third kappa shape index (κ3) is 3.35. The molecule has 1 aromatic rings. The average molecular weight is 357 g/mol. The van der Waals surface area contributed by atoms with Crippen molar-refractivity contribution in [2.45, 2.75) is 31.4 Å². The smallest absolute Gasteiger partial charge is 0.254 e. The Morgan fingerprint density at radius 3 is 2.69 bits per heavy atom. The molecule has 2 saturated heterocycles. The second kappa shape index (κ2) is 6.67. The van der Waals surface area contributed by atoms with Crippen LogP contribution in [0.25, 0.3) is 0 Å². The second-order valence-electron chi connectivity index (χ2n) is 8.03. The van der Waals surface area contributed by atoms with Crippen molar-refractivity contribution >= 4 is 11.8 Å². The number of likely N-dealkylation sites (tertiary alicyclic amines) is 1. The third-order valence-electron chi connectivity index (χ3n) is 5.73. The van der Waals surface area contributed by atoms with Gasteiger partial charge >= 0.3 is 0 Å². The molecule has 1 aromatic carbocycles. The average Bonchev–Trinajstić information content (AvgIpc) is 3.42. The van der Waals surface area contributed by atoms with E-state index in [1.807, 2.05) is 36.1 Å². The van der Waals surface area contributed by atoms with Gasteiger partial charge in [-0.3, -0.25) is 14.5 Å². The number of hydrogen-bond acceptors (Lipinski definition) is 4. The summed E-state index contributed by atoms with van der Waals surface area (Å²) in [6.07, 6.45) is 2.51. The molecule has 0 radical (unpaired) electrons. The molecule has 0 bridgehead atoms. The van der Waals surface area contributed by atoms with E-state index >= 15 is 0 Å². The maximum absolute atomic E-state index is 12.7. The number of rotatable bonds is 4. The van der Waals surface area contributed by atoms with Gasteiger partial charge in [0.05, 0.1) is 19.7 Å². The lowest BCUT2D eigenvalue weighted by molar-refractivity contribution is -0.191. The third-order valence-corrected chi connectivity index (χ3v) is 5.73. The van der Waals surface area contributed by atoms with Crippen LogP contribution < -0.4 is 5.32 Å². The zero-order valence-electron chi connectivity index (χ0n) is 15.5. The molecular weight excluding hydrogens is 330 g/mol. The minimum atomic E-state index is -0.321. The number of carbonyl (C=O) groups excluding carboxylic acids is 2. The van der Waals surface area contributed by atoms with Crippen molar-refractivity contribution in [1.82, 2.24) is 15.1 Å². The summed E-state index contributed by atoms with van der Waals surface area (Å²) in [7, 11) is 1.67. The fourth-order valence-corrected chi connectivity index (χ4v) is 4.06. The molecule has 1 atom stereocenters. The van der Waals surface area contributed by atoms with Gasteiger partial charge in [-0.2, -0.15) is 0 Å². The van der Waals surface area contributed by atoms with Gasteiger partial charge in [-0.1, -0.05) is 17.7 Å². The van der Waals surface area contributed by atoms with Crippen LogP contribution >= 0.6 is 0 Å². The molecule has 1 spiro atoms. The molecule has 26 heavy (non-hydrogen) atoms. The standard InChI is InChI=1S/C20H27N3O3/c1-14-4-3-5-16(8-14)19(25)23-12-20(13-23)11-22(9-15-6-7-15)17(10-26-20)18(24)21-2/h3-5,8,15,17H,6-7,9-13H2,1-2H3,(H,21,24)/t17-/m1/s1. The molecule has 2 amide bonds. The highest BCUT2D eigenvalue weighted by atomic mass is 16.5. The molecule has 6 heteroatoms. The number of amides is 2. The second-order valence-corrected chi connectivity index (χ2v) is 8.03. The van der Waals surface area contributed by atoms with Gasteiger partial charge in [0.1, 0.15) is 11.6 Å². The summed E-state index contributed by atoms with van der Waals surface area (Å²) >= 11 is 0. The number of hydrogen-bond donors (Lipinski definition) is 1. The van der Waals surface area contributed by atoms with Gasteiger partial charge < -0.3 is 15.0 Å². The zero-order chi connectivity index (χ0) is 18.3. The first-order chi connectivity index (χ1) is 12.5. The number of nitrogens with zero attached hydrogens (tertiary/aromatic N) is 2. The van der Waals surface area contributed by atoms with Gasteiger partial charge in [0.25, 0.3) is 5.91 Å². The Morgan fingerprint density at radius 2 is 2.04 bits per heavy atom. The molecule has 2 aliphatic heterocycles. The van der Waals surface area contributed by atoms with E-state index in [2.05, 4.69) is 10.2 Å². The molecule has 2 heterocycles. The lowest BCUT2D eigenvalue weighted by Crippen LogP contribution is -2.73. The lowest BCUT2D eigenvalue weighted by atomic mass is 9.89. The van der Waals surface area contributed by atoms with Crippen LogP contribution in [0.5, 0.6) is 0 Å².